The fourth-order valence-electron chi connectivity index (χ4n) is 2.15. The van der Waals surface area contributed by atoms with E-state index >= 15 is 0 Å². The molecule has 0 aliphatic rings. The third-order valence-corrected chi connectivity index (χ3v) is 3.20. The van der Waals surface area contributed by atoms with E-state index in [0.29, 0.717) is 24.3 Å². The summed E-state index contributed by atoms with van der Waals surface area (Å²) in [6, 6.07) is 13.5. The molecule has 0 amide bonds. The largest absolute Gasteiger partial charge is 0.487 e. The van der Waals surface area contributed by atoms with E-state index in [2.05, 4.69) is 9.97 Å². The van der Waals surface area contributed by atoms with Crippen molar-refractivity contribution in [3.8, 4) is 5.75 Å². The van der Waals surface area contributed by atoms with Gasteiger partial charge in [-0.3, -0.25) is 9.78 Å². The third kappa shape index (κ3) is 2.89. The number of rotatable bonds is 4. The molecule has 2 heterocycles. The van der Waals surface area contributed by atoms with Crippen LogP contribution in [0.3, 0.4) is 0 Å². The SMILES string of the molecule is Cc1ccc(OCc2ccc3ncccc3c2)c(C=O)n1. The second-order valence-electron chi connectivity index (χ2n) is 4.77. The highest BCUT2D eigenvalue weighted by atomic mass is 16.5. The van der Waals surface area contributed by atoms with Crippen LogP contribution in [0.15, 0.2) is 48.7 Å². The summed E-state index contributed by atoms with van der Waals surface area (Å²) in [5.41, 5.74) is 3.10. The molecule has 0 aliphatic carbocycles. The van der Waals surface area contributed by atoms with Gasteiger partial charge < -0.3 is 4.74 Å². The van der Waals surface area contributed by atoms with Crippen LogP contribution in [0.25, 0.3) is 10.9 Å². The van der Waals surface area contributed by atoms with Gasteiger partial charge in [0.15, 0.2) is 6.29 Å². The number of carbonyl (C=O) groups excluding carboxylic acids is 1. The highest BCUT2D eigenvalue weighted by Gasteiger charge is 2.05. The first-order valence-electron chi connectivity index (χ1n) is 6.65. The van der Waals surface area contributed by atoms with Gasteiger partial charge in [0, 0.05) is 17.3 Å². The zero-order valence-corrected chi connectivity index (χ0v) is 11.6. The summed E-state index contributed by atoms with van der Waals surface area (Å²) in [4.78, 5) is 19.4. The molecule has 0 bridgehead atoms. The Morgan fingerprint density at radius 3 is 2.95 bits per heavy atom. The third-order valence-electron chi connectivity index (χ3n) is 3.20. The highest BCUT2D eigenvalue weighted by Crippen LogP contribution is 2.18. The number of ether oxygens (including phenoxy) is 1. The Labute approximate surface area is 122 Å². The monoisotopic (exact) mass is 278 g/mol. The molecule has 0 aliphatic heterocycles. The maximum atomic E-state index is 11.0. The Morgan fingerprint density at radius 2 is 2.10 bits per heavy atom. The Hall–Kier alpha value is -2.75. The molecule has 0 saturated carbocycles. The number of hydrogen-bond acceptors (Lipinski definition) is 4. The number of aromatic nitrogens is 2. The van der Waals surface area contributed by atoms with Gasteiger partial charge in [-0.2, -0.15) is 0 Å². The molecule has 0 radical (unpaired) electrons. The minimum atomic E-state index is 0.331. The van der Waals surface area contributed by atoms with Gasteiger partial charge in [-0.05, 0) is 42.8 Å². The zero-order valence-electron chi connectivity index (χ0n) is 11.6. The number of nitrogens with zero attached hydrogens (tertiary/aromatic N) is 2. The van der Waals surface area contributed by atoms with Crippen LogP contribution in [0.2, 0.25) is 0 Å². The second kappa shape index (κ2) is 5.71. The standard InChI is InChI=1S/C17H14N2O2/c1-12-4-7-17(16(10-20)19-12)21-11-13-5-6-15-14(9-13)3-2-8-18-15/h2-10H,11H2,1H3. The predicted molar refractivity (Wildman–Crippen MR) is 80.4 cm³/mol. The van der Waals surface area contributed by atoms with Gasteiger partial charge in [0.25, 0.3) is 0 Å². The number of carbonyl (C=O) groups is 1. The molecule has 3 aromatic rings. The van der Waals surface area contributed by atoms with Crippen molar-refractivity contribution in [2.45, 2.75) is 13.5 Å². The van der Waals surface area contributed by atoms with Gasteiger partial charge in [-0.25, -0.2) is 4.98 Å². The van der Waals surface area contributed by atoms with E-state index in [1.165, 1.54) is 0 Å². The molecule has 3 rings (SSSR count). The molecule has 0 saturated heterocycles. The normalized spacial score (nSPS) is 10.5. The molecule has 0 fully saturated rings. The lowest BCUT2D eigenvalue weighted by Gasteiger charge is -2.09. The van der Waals surface area contributed by atoms with Crippen molar-refractivity contribution in [3.05, 3.63) is 65.6 Å². The van der Waals surface area contributed by atoms with Crippen molar-refractivity contribution in [2.75, 3.05) is 0 Å². The number of pyridine rings is 2. The van der Waals surface area contributed by atoms with E-state index in [1.54, 1.807) is 12.3 Å². The second-order valence-corrected chi connectivity index (χ2v) is 4.77. The predicted octanol–water partition coefficient (Wildman–Crippen LogP) is 3.33. The quantitative estimate of drug-likeness (QED) is 0.687. The lowest BCUT2D eigenvalue weighted by molar-refractivity contribution is 0.111. The van der Waals surface area contributed by atoms with Crippen molar-refractivity contribution in [3.63, 3.8) is 0 Å². The summed E-state index contributed by atoms with van der Waals surface area (Å²) in [5.74, 6) is 0.502. The lowest BCUT2D eigenvalue weighted by atomic mass is 10.1. The summed E-state index contributed by atoms with van der Waals surface area (Å²) < 4.78 is 5.70. The minimum absolute atomic E-state index is 0.331. The number of fused-ring (bicyclic) bond motifs is 1. The van der Waals surface area contributed by atoms with Crippen LogP contribution < -0.4 is 4.74 Å². The van der Waals surface area contributed by atoms with Gasteiger partial charge >= 0.3 is 0 Å². The van der Waals surface area contributed by atoms with E-state index in [1.807, 2.05) is 43.3 Å². The van der Waals surface area contributed by atoms with Gasteiger partial charge in [0.2, 0.25) is 0 Å². The summed E-state index contributed by atoms with van der Waals surface area (Å²) >= 11 is 0. The number of aryl methyl sites for hydroxylation is 1. The molecular formula is C17H14N2O2. The first-order valence-corrected chi connectivity index (χ1v) is 6.65. The molecule has 0 atom stereocenters. The molecule has 104 valence electrons. The Balaban J connectivity index is 1.81. The van der Waals surface area contributed by atoms with Crippen LogP contribution in [-0.2, 0) is 6.61 Å². The number of benzene rings is 1. The fraction of sp³-hybridized carbons (Fsp3) is 0.118. The average molecular weight is 278 g/mol. The van der Waals surface area contributed by atoms with Gasteiger partial charge in [-0.15, -0.1) is 0 Å². The first kappa shape index (κ1) is 13.2. The zero-order chi connectivity index (χ0) is 14.7. The summed E-state index contributed by atoms with van der Waals surface area (Å²) in [5, 5.41) is 1.07. The summed E-state index contributed by atoms with van der Waals surface area (Å²) in [7, 11) is 0. The van der Waals surface area contributed by atoms with Crippen molar-refractivity contribution < 1.29 is 9.53 Å². The van der Waals surface area contributed by atoms with Crippen LogP contribution in [0.4, 0.5) is 0 Å². The smallest absolute Gasteiger partial charge is 0.172 e. The van der Waals surface area contributed by atoms with E-state index in [-0.39, 0.29) is 0 Å². The molecular weight excluding hydrogens is 264 g/mol. The molecule has 21 heavy (non-hydrogen) atoms. The molecule has 1 aromatic carbocycles. The summed E-state index contributed by atoms with van der Waals surface area (Å²) in [6.45, 7) is 2.23. The van der Waals surface area contributed by atoms with Gasteiger partial charge in [-0.1, -0.05) is 12.1 Å². The van der Waals surface area contributed by atoms with E-state index < -0.39 is 0 Å². The van der Waals surface area contributed by atoms with Crippen LogP contribution in [-0.4, -0.2) is 16.3 Å². The first-order chi connectivity index (χ1) is 10.3. The van der Waals surface area contributed by atoms with Crippen LogP contribution in [0, 0.1) is 6.92 Å². The summed E-state index contributed by atoms with van der Waals surface area (Å²) in [6.07, 6.45) is 2.49. The van der Waals surface area contributed by atoms with Crippen LogP contribution in [0.1, 0.15) is 21.7 Å². The van der Waals surface area contributed by atoms with Gasteiger partial charge in [0.05, 0.1) is 5.52 Å². The van der Waals surface area contributed by atoms with Crippen molar-refractivity contribution >= 4 is 17.2 Å². The molecule has 0 N–H and O–H groups in total. The molecule has 0 spiro atoms. The van der Waals surface area contributed by atoms with Crippen molar-refractivity contribution in [1.82, 2.24) is 9.97 Å². The van der Waals surface area contributed by atoms with Crippen LogP contribution in [0.5, 0.6) is 5.75 Å². The lowest BCUT2D eigenvalue weighted by Crippen LogP contribution is -2.01. The number of aldehydes is 1. The molecule has 0 unspecified atom stereocenters. The average Bonchev–Trinajstić information content (AvgIpc) is 2.53. The van der Waals surface area contributed by atoms with E-state index in [9.17, 15) is 4.79 Å². The topological polar surface area (TPSA) is 52.1 Å². The Bertz CT molecular complexity index is 800. The van der Waals surface area contributed by atoms with Crippen molar-refractivity contribution in [2.24, 2.45) is 0 Å². The molecule has 2 aromatic heterocycles. The van der Waals surface area contributed by atoms with Crippen molar-refractivity contribution in [1.29, 1.82) is 0 Å². The fourth-order valence-corrected chi connectivity index (χ4v) is 2.15. The maximum Gasteiger partial charge on any atom is 0.172 e. The van der Waals surface area contributed by atoms with Crippen LogP contribution >= 0.6 is 0 Å². The van der Waals surface area contributed by atoms with Gasteiger partial charge in [0.1, 0.15) is 18.1 Å². The Morgan fingerprint density at radius 1 is 1.19 bits per heavy atom. The number of hydrogen-bond donors (Lipinski definition) is 0. The van der Waals surface area contributed by atoms with E-state index in [4.69, 9.17) is 4.74 Å². The van der Waals surface area contributed by atoms with E-state index in [0.717, 1.165) is 22.2 Å². The molecule has 4 nitrogen and oxygen atoms in total. The molecule has 4 heteroatoms. The highest BCUT2D eigenvalue weighted by molar-refractivity contribution is 5.79. The minimum Gasteiger partial charge on any atom is -0.487 e. The Kier molecular flexibility index (Phi) is 3.60. The maximum absolute atomic E-state index is 11.0.